The van der Waals surface area contributed by atoms with Crippen molar-refractivity contribution in [1.29, 1.82) is 0 Å². The van der Waals surface area contributed by atoms with Crippen molar-refractivity contribution >= 4 is 29.1 Å². The predicted octanol–water partition coefficient (Wildman–Crippen LogP) is 5.09. The number of carbonyl (C=O) groups is 1. The highest BCUT2D eigenvalue weighted by molar-refractivity contribution is 7.07. The number of aromatic nitrogens is 1. The topological polar surface area (TPSA) is 99.4 Å². The Hall–Kier alpha value is -4.63. The summed E-state index contributed by atoms with van der Waals surface area (Å²) in [4.78, 5) is 33.4. The molecular formula is C34H34N2O6S. The number of nitrogens with zero attached hydrogens (tertiary/aromatic N) is 2. The molecule has 0 fully saturated rings. The fourth-order valence-corrected chi connectivity index (χ4v) is 6.31. The zero-order chi connectivity index (χ0) is 30.8. The van der Waals surface area contributed by atoms with E-state index in [0.29, 0.717) is 31.9 Å². The van der Waals surface area contributed by atoms with Crippen molar-refractivity contribution in [2.24, 2.45) is 4.99 Å². The molecular weight excluding hydrogens is 564 g/mol. The summed E-state index contributed by atoms with van der Waals surface area (Å²) in [5, 5.41) is 10.1. The van der Waals surface area contributed by atoms with E-state index in [2.05, 4.69) is 13.8 Å². The zero-order valence-electron chi connectivity index (χ0n) is 25.0. The lowest BCUT2D eigenvalue weighted by Crippen LogP contribution is -2.40. The smallest absolute Gasteiger partial charge is 0.338 e. The van der Waals surface area contributed by atoms with E-state index in [1.165, 1.54) is 24.5 Å². The molecule has 0 saturated carbocycles. The molecule has 0 amide bonds. The molecule has 0 bridgehead atoms. The molecule has 0 saturated heterocycles. The molecule has 1 aliphatic heterocycles. The third kappa shape index (κ3) is 5.60. The van der Waals surface area contributed by atoms with Crippen LogP contribution in [0.25, 0.3) is 11.8 Å². The highest BCUT2D eigenvalue weighted by Gasteiger charge is 2.36. The standard InChI is InChI=1S/C34H34N2O6S/c1-7-42-33(39)29-30(22-11-9-8-10-12-22)35-34-36(31(29)24-18-23(19(2)3)26(40-5)15-20(24)4)32(38)28(43-34)17-21-13-14-25(37)27(16-21)41-6/h8-19,31,37H,7H2,1-6H3. The Balaban J connectivity index is 1.87. The summed E-state index contributed by atoms with van der Waals surface area (Å²) in [5.41, 5.74) is 4.48. The van der Waals surface area contributed by atoms with Crippen LogP contribution in [0.3, 0.4) is 0 Å². The second kappa shape index (κ2) is 12.3. The minimum atomic E-state index is -0.801. The van der Waals surface area contributed by atoms with E-state index in [9.17, 15) is 14.7 Å². The maximum Gasteiger partial charge on any atom is 0.338 e. The molecule has 8 nitrogen and oxygen atoms in total. The first-order chi connectivity index (χ1) is 20.7. The number of esters is 1. The van der Waals surface area contributed by atoms with Crippen LogP contribution in [-0.4, -0.2) is 36.5 Å². The van der Waals surface area contributed by atoms with Gasteiger partial charge in [-0.1, -0.05) is 61.6 Å². The van der Waals surface area contributed by atoms with E-state index in [4.69, 9.17) is 19.2 Å². The lowest BCUT2D eigenvalue weighted by molar-refractivity contribution is -0.138. The maximum absolute atomic E-state index is 14.2. The summed E-state index contributed by atoms with van der Waals surface area (Å²) in [7, 11) is 3.11. The number of aryl methyl sites for hydroxylation is 1. The SMILES string of the molecule is CCOC(=O)C1=C(c2ccccc2)N=c2sc(=Cc3ccc(O)c(OC)c3)c(=O)n2C1c1cc(C(C)C)c(OC)cc1C. The first-order valence-corrected chi connectivity index (χ1v) is 14.8. The van der Waals surface area contributed by atoms with E-state index in [1.54, 1.807) is 36.8 Å². The number of phenolic OH excluding ortho intramolecular Hbond substituents is 1. The molecule has 4 aromatic rings. The van der Waals surface area contributed by atoms with Crippen molar-refractivity contribution < 1.29 is 24.1 Å². The monoisotopic (exact) mass is 598 g/mol. The number of benzene rings is 3. The molecule has 0 aliphatic carbocycles. The Morgan fingerprint density at radius 1 is 1.07 bits per heavy atom. The largest absolute Gasteiger partial charge is 0.504 e. The van der Waals surface area contributed by atoms with Gasteiger partial charge < -0.3 is 19.3 Å². The Morgan fingerprint density at radius 2 is 1.79 bits per heavy atom. The quantitative estimate of drug-likeness (QED) is 0.284. The lowest BCUT2D eigenvalue weighted by atomic mass is 9.87. The summed E-state index contributed by atoms with van der Waals surface area (Å²) >= 11 is 1.24. The number of phenols is 1. The number of methoxy groups -OCH3 is 2. The number of aromatic hydroxyl groups is 1. The third-order valence-electron chi connectivity index (χ3n) is 7.41. The summed E-state index contributed by atoms with van der Waals surface area (Å²) in [6.45, 7) is 8.03. The van der Waals surface area contributed by atoms with Crippen LogP contribution >= 0.6 is 11.3 Å². The van der Waals surface area contributed by atoms with Gasteiger partial charge in [0, 0.05) is 5.56 Å². The normalized spacial score (nSPS) is 14.9. The number of hydrogen-bond donors (Lipinski definition) is 1. The van der Waals surface area contributed by atoms with Crippen LogP contribution in [-0.2, 0) is 9.53 Å². The molecule has 0 radical (unpaired) electrons. The Morgan fingerprint density at radius 3 is 2.44 bits per heavy atom. The number of ether oxygens (including phenoxy) is 3. The van der Waals surface area contributed by atoms with Gasteiger partial charge in [-0.2, -0.15) is 0 Å². The minimum Gasteiger partial charge on any atom is -0.504 e. The molecule has 5 rings (SSSR count). The molecule has 9 heteroatoms. The van der Waals surface area contributed by atoms with Gasteiger partial charge in [-0.05, 0) is 72.4 Å². The van der Waals surface area contributed by atoms with Gasteiger partial charge in [0.05, 0.1) is 42.7 Å². The van der Waals surface area contributed by atoms with Crippen LogP contribution in [0.4, 0.5) is 0 Å². The fraction of sp³-hybridized carbons (Fsp3) is 0.265. The van der Waals surface area contributed by atoms with E-state index in [1.807, 2.05) is 49.4 Å². The van der Waals surface area contributed by atoms with Crippen molar-refractivity contribution in [3.05, 3.63) is 114 Å². The molecule has 1 aliphatic rings. The van der Waals surface area contributed by atoms with Crippen molar-refractivity contribution in [2.45, 2.75) is 39.7 Å². The molecule has 1 atom stereocenters. The summed E-state index contributed by atoms with van der Waals surface area (Å²) in [5.74, 6) is 0.635. The van der Waals surface area contributed by atoms with E-state index in [-0.39, 0.29) is 23.8 Å². The van der Waals surface area contributed by atoms with Crippen molar-refractivity contribution in [1.82, 2.24) is 4.57 Å². The molecule has 1 N–H and O–H groups in total. The van der Waals surface area contributed by atoms with E-state index in [0.717, 1.165) is 28.0 Å². The van der Waals surface area contributed by atoms with Crippen LogP contribution in [0.1, 0.15) is 60.5 Å². The van der Waals surface area contributed by atoms with Gasteiger partial charge in [0.1, 0.15) is 5.75 Å². The highest BCUT2D eigenvalue weighted by Crippen LogP contribution is 2.39. The first kappa shape index (κ1) is 29.8. The van der Waals surface area contributed by atoms with E-state index >= 15 is 0 Å². The Labute approximate surface area is 253 Å². The highest BCUT2D eigenvalue weighted by atomic mass is 32.1. The molecule has 222 valence electrons. The van der Waals surface area contributed by atoms with Crippen LogP contribution in [0.2, 0.25) is 0 Å². The average Bonchev–Trinajstić information content (AvgIpc) is 3.31. The molecule has 3 aromatic carbocycles. The average molecular weight is 599 g/mol. The predicted molar refractivity (Wildman–Crippen MR) is 168 cm³/mol. The number of carbonyl (C=O) groups excluding carboxylic acids is 1. The van der Waals surface area contributed by atoms with Gasteiger partial charge in [0.15, 0.2) is 16.3 Å². The van der Waals surface area contributed by atoms with Crippen molar-refractivity contribution in [3.8, 4) is 17.2 Å². The lowest BCUT2D eigenvalue weighted by Gasteiger charge is -2.28. The second-order valence-electron chi connectivity index (χ2n) is 10.5. The number of hydrogen-bond acceptors (Lipinski definition) is 8. The van der Waals surface area contributed by atoms with Gasteiger partial charge in [-0.25, -0.2) is 9.79 Å². The molecule has 0 spiro atoms. The number of fused-ring (bicyclic) bond motifs is 1. The zero-order valence-corrected chi connectivity index (χ0v) is 25.8. The maximum atomic E-state index is 14.2. The third-order valence-corrected chi connectivity index (χ3v) is 8.39. The Bertz CT molecular complexity index is 1900. The molecule has 2 heterocycles. The van der Waals surface area contributed by atoms with Crippen LogP contribution < -0.4 is 24.4 Å². The number of thiazole rings is 1. The van der Waals surface area contributed by atoms with Gasteiger partial charge in [0.2, 0.25) is 0 Å². The van der Waals surface area contributed by atoms with Crippen LogP contribution in [0.5, 0.6) is 17.2 Å². The Kier molecular flexibility index (Phi) is 8.54. The summed E-state index contributed by atoms with van der Waals surface area (Å²) in [6, 6.07) is 17.5. The minimum absolute atomic E-state index is 0.00336. The van der Waals surface area contributed by atoms with Gasteiger partial charge in [0.25, 0.3) is 5.56 Å². The number of rotatable bonds is 8. The van der Waals surface area contributed by atoms with Gasteiger partial charge in [-0.3, -0.25) is 9.36 Å². The second-order valence-corrected chi connectivity index (χ2v) is 11.5. The molecule has 1 unspecified atom stereocenters. The first-order valence-electron chi connectivity index (χ1n) is 14.0. The van der Waals surface area contributed by atoms with Crippen molar-refractivity contribution in [3.63, 3.8) is 0 Å². The van der Waals surface area contributed by atoms with E-state index < -0.39 is 12.0 Å². The van der Waals surface area contributed by atoms with Crippen LogP contribution in [0, 0.1) is 6.92 Å². The molecule has 1 aromatic heterocycles. The molecule has 43 heavy (non-hydrogen) atoms. The van der Waals surface area contributed by atoms with Gasteiger partial charge in [-0.15, -0.1) is 0 Å². The summed E-state index contributed by atoms with van der Waals surface area (Å²) in [6.07, 6.45) is 1.74. The summed E-state index contributed by atoms with van der Waals surface area (Å²) < 4.78 is 18.6. The fourth-order valence-electron chi connectivity index (χ4n) is 5.31. The van der Waals surface area contributed by atoms with Crippen LogP contribution in [0.15, 0.2) is 76.0 Å². The van der Waals surface area contributed by atoms with Gasteiger partial charge >= 0.3 is 5.97 Å². The van der Waals surface area contributed by atoms with Crippen molar-refractivity contribution in [2.75, 3.05) is 20.8 Å².